The smallest absolute Gasteiger partial charge is 0.0365 e. The third kappa shape index (κ3) is 4.89. The third-order valence-electron chi connectivity index (χ3n) is 4.74. The van der Waals surface area contributed by atoms with Gasteiger partial charge in [-0.25, -0.2) is 0 Å². The zero-order valence-corrected chi connectivity index (χ0v) is 12.7. The molecule has 0 aromatic heterocycles. The van der Waals surface area contributed by atoms with Crippen LogP contribution in [0.4, 0.5) is 0 Å². The van der Waals surface area contributed by atoms with Gasteiger partial charge in [0.1, 0.15) is 0 Å². The zero-order valence-electron chi connectivity index (χ0n) is 12.7. The van der Waals surface area contributed by atoms with E-state index in [-0.39, 0.29) is 0 Å². The Bertz CT molecular complexity index is 159. The lowest BCUT2D eigenvalue weighted by Crippen LogP contribution is -2.26. The molecule has 0 aromatic rings. The summed E-state index contributed by atoms with van der Waals surface area (Å²) >= 11 is 0. The van der Waals surface area contributed by atoms with E-state index in [1.807, 2.05) is 0 Å². The highest BCUT2D eigenvalue weighted by Gasteiger charge is 2.26. The van der Waals surface area contributed by atoms with Gasteiger partial charge in [0.15, 0.2) is 0 Å². The molecule has 0 bridgehead atoms. The standard InChI is InChI=1S/C16H34/c1-8-10-11-13(5)14(6)15(7)16(9-2)12(3)4/h12-16H,8-11H2,1-7H3. The van der Waals surface area contributed by atoms with Gasteiger partial charge in [-0.05, 0) is 29.6 Å². The first kappa shape index (κ1) is 16.0. The lowest BCUT2D eigenvalue weighted by molar-refractivity contribution is 0.152. The summed E-state index contributed by atoms with van der Waals surface area (Å²) in [7, 11) is 0. The predicted octanol–water partition coefficient (Wildman–Crippen LogP) is 5.77. The average Bonchev–Trinajstić information content (AvgIpc) is 2.24. The topological polar surface area (TPSA) is 0 Å². The summed E-state index contributed by atoms with van der Waals surface area (Å²) in [5.74, 6) is 4.37. The second-order valence-corrected chi connectivity index (χ2v) is 6.15. The number of rotatable bonds is 8. The summed E-state index contributed by atoms with van der Waals surface area (Å²) in [4.78, 5) is 0. The Morgan fingerprint density at radius 2 is 1.38 bits per heavy atom. The Morgan fingerprint density at radius 1 is 0.812 bits per heavy atom. The van der Waals surface area contributed by atoms with Crippen molar-refractivity contribution < 1.29 is 0 Å². The maximum atomic E-state index is 2.47. The Hall–Kier alpha value is 0. The molecular weight excluding hydrogens is 192 g/mol. The van der Waals surface area contributed by atoms with Gasteiger partial charge < -0.3 is 0 Å². The molecule has 0 nitrogen and oxygen atoms in total. The van der Waals surface area contributed by atoms with E-state index in [4.69, 9.17) is 0 Å². The molecule has 4 unspecified atom stereocenters. The lowest BCUT2D eigenvalue weighted by atomic mass is 9.71. The van der Waals surface area contributed by atoms with Gasteiger partial charge >= 0.3 is 0 Å². The molecule has 0 saturated heterocycles. The summed E-state index contributed by atoms with van der Waals surface area (Å²) in [6, 6.07) is 0. The molecule has 0 spiro atoms. The molecular formula is C16H34. The molecule has 0 fully saturated rings. The summed E-state index contributed by atoms with van der Waals surface area (Å²) in [6.45, 7) is 16.8. The fourth-order valence-electron chi connectivity index (χ4n) is 3.15. The van der Waals surface area contributed by atoms with Crippen LogP contribution in [0.2, 0.25) is 0 Å². The predicted molar refractivity (Wildman–Crippen MR) is 75.6 cm³/mol. The van der Waals surface area contributed by atoms with Gasteiger partial charge in [-0.15, -0.1) is 0 Å². The minimum Gasteiger partial charge on any atom is -0.0654 e. The molecule has 0 aromatic carbocycles. The van der Waals surface area contributed by atoms with Crippen molar-refractivity contribution in [1.82, 2.24) is 0 Å². The van der Waals surface area contributed by atoms with E-state index in [0.717, 1.165) is 29.6 Å². The SMILES string of the molecule is CCCCC(C)C(C)C(C)C(CC)C(C)C. The van der Waals surface area contributed by atoms with E-state index < -0.39 is 0 Å². The van der Waals surface area contributed by atoms with Gasteiger partial charge in [0.25, 0.3) is 0 Å². The average molecular weight is 226 g/mol. The van der Waals surface area contributed by atoms with Gasteiger partial charge in [0.05, 0.1) is 0 Å². The Kier molecular flexibility index (Phi) is 8.14. The fraction of sp³-hybridized carbons (Fsp3) is 1.00. The van der Waals surface area contributed by atoms with Crippen LogP contribution in [0.25, 0.3) is 0 Å². The van der Waals surface area contributed by atoms with Gasteiger partial charge in [0.2, 0.25) is 0 Å². The van der Waals surface area contributed by atoms with Crippen LogP contribution in [0, 0.1) is 29.6 Å². The molecule has 16 heavy (non-hydrogen) atoms. The minimum atomic E-state index is 0.834. The second kappa shape index (κ2) is 8.14. The molecule has 98 valence electrons. The molecule has 0 rings (SSSR count). The molecule has 0 saturated carbocycles. The number of hydrogen-bond donors (Lipinski definition) is 0. The Balaban J connectivity index is 4.28. The highest BCUT2D eigenvalue weighted by molar-refractivity contribution is 4.76. The van der Waals surface area contributed by atoms with E-state index in [2.05, 4.69) is 48.5 Å². The van der Waals surface area contributed by atoms with Gasteiger partial charge in [-0.3, -0.25) is 0 Å². The van der Waals surface area contributed by atoms with E-state index in [1.54, 1.807) is 0 Å². The van der Waals surface area contributed by atoms with Crippen LogP contribution in [0.15, 0.2) is 0 Å². The Labute approximate surface area is 104 Å². The molecule has 0 aliphatic rings. The fourth-order valence-corrected chi connectivity index (χ4v) is 3.15. The number of unbranched alkanes of at least 4 members (excludes halogenated alkanes) is 1. The molecule has 0 amide bonds. The zero-order chi connectivity index (χ0) is 12.7. The van der Waals surface area contributed by atoms with Gasteiger partial charge in [0, 0.05) is 0 Å². The first-order valence-corrected chi connectivity index (χ1v) is 7.45. The van der Waals surface area contributed by atoms with Crippen LogP contribution in [-0.4, -0.2) is 0 Å². The molecule has 0 heteroatoms. The van der Waals surface area contributed by atoms with E-state index >= 15 is 0 Å². The quantitative estimate of drug-likeness (QED) is 0.493. The maximum Gasteiger partial charge on any atom is -0.0365 e. The molecule has 0 N–H and O–H groups in total. The highest BCUT2D eigenvalue weighted by Crippen LogP contribution is 2.34. The monoisotopic (exact) mass is 226 g/mol. The van der Waals surface area contributed by atoms with Crippen molar-refractivity contribution in [2.24, 2.45) is 29.6 Å². The first-order chi connectivity index (χ1) is 7.45. The van der Waals surface area contributed by atoms with Gasteiger partial charge in [-0.1, -0.05) is 74.1 Å². The van der Waals surface area contributed by atoms with Crippen molar-refractivity contribution in [2.75, 3.05) is 0 Å². The van der Waals surface area contributed by atoms with E-state index in [9.17, 15) is 0 Å². The summed E-state index contributed by atoms with van der Waals surface area (Å²) in [5, 5.41) is 0. The van der Waals surface area contributed by atoms with Crippen molar-refractivity contribution in [2.45, 2.75) is 74.1 Å². The minimum absolute atomic E-state index is 0.834. The van der Waals surface area contributed by atoms with Crippen molar-refractivity contribution in [3.05, 3.63) is 0 Å². The molecule has 0 aliphatic heterocycles. The van der Waals surface area contributed by atoms with E-state index in [0.29, 0.717) is 0 Å². The van der Waals surface area contributed by atoms with Crippen LogP contribution >= 0.6 is 0 Å². The van der Waals surface area contributed by atoms with Crippen molar-refractivity contribution >= 4 is 0 Å². The number of hydrogen-bond acceptors (Lipinski definition) is 0. The second-order valence-electron chi connectivity index (χ2n) is 6.15. The molecule has 0 aliphatic carbocycles. The van der Waals surface area contributed by atoms with Crippen LogP contribution in [0.1, 0.15) is 74.1 Å². The van der Waals surface area contributed by atoms with Crippen LogP contribution in [-0.2, 0) is 0 Å². The van der Waals surface area contributed by atoms with Crippen LogP contribution < -0.4 is 0 Å². The van der Waals surface area contributed by atoms with Gasteiger partial charge in [-0.2, -0.15) is 0 Å². The first-order valence-electron chi connectivity index (χ1n) is 7.45. The summed E-state index contributed by atoms with van der Waals surface area (Å²) in [6.07, 6.45) is 5.49. The Morgan fingerprint density at radius 3 is 1.75 bits per heavy atom. The van der Waals surface area contributed by atoms with Crippen molar-refractivity contribution in [3.8, 4) is 0 Å². The maximum absolute atomic E-state index is 2.47. The highest BCUT2D eigenvalue weighted by atomic mass is 14.3. The largest absolute Gasteiger partial charge is 0.0654 e. The van der Waals surface area contributed by atoms with Crippen molar-refractivity contribution in [3.63, 3.8) is 0 Å². The van der Waals surface area contributed by atoms with Crippen molar-refractivity contribution in [1.29, 1.82) is 0 Å². The normalized spacial score (nSPS) is 19.5. The van der Waals surface area contributed by atoms with E-state index in [1.165, 1.54) is 25.7 Å². The van der Waals surface area contributed by atoms with Crippen LogP contribution in [0.3, 0.4) is 0 Å². The van der Waals surface area contributed by atoms with Crippen LogP contribution in [0.5, 0.6) is 0 Å². The summed E-state index contributed by atoms with van der Waals surface area (Å²) in [5.41, 5.74) is 0. The molecule has 4 atom stereocenters. The molecule has 0 radical (unpaired) electrons. The molecule has 0 heterocycles. The third-order valence-corrected chi connectivity index (χ3v) is 4.74. The summed E-state index contributed by atoms with van der Waals surface area (Å²) < 4.78 is 0. The lowest BCUT2D eigenvalue weighted by Gasteiger charge is -2.34.